The van der Waals surface area contributed by atoms with Crippen LogP contribution in [0.1, 0.15) is 27.8 Å². The van der Waals surface area contributed by atoms with Crippen LogP contribution < -0.4 is 0 Å². The van der Waals surface area contributed by atoms with Gasteiger partial charge in [-0.15, -0.1) is 0 Å². The molecule has 0 nitrogen and oxygen atoms in total. The van der Waals surface area contributed by atoms with Gasteiger partial charge in [-0.05, 0) is 69.1 Å². The largest absolute Gasteiger partial charge is 0.0843 e. The molecule has 0 bridgehead atoms. The number of hydrogen-bond acceptors (Lipinski definition) is 0. The Hall–Kier alpha value is -3.61. The van der Waals surface area contributed by atoms with Crippen molar-refractivity contribution in [3.63, 3.8) is 0 Å². The Morgan fingerprint density at radius 2 is 1.09 bits per heavy atom. The van der Waals surface area contributed by atoms with Crippen LogP contribution in [0.15, 0.2) is 121 Å². The summed E-state index contributed by atoms with van der Waals surface area (Å²) in [4.78, 5) is 0. The van der Waals surface area contributed by atoms with Gasteiger partial charge >= 0.3 is 0 Å². The summed E-state index contributed by atoms with van der Waals surface area (Å²) < 4.78 is 0. The summed E-state index contributed by atoms with van der Waals surface area (Å²) in [7, 11) is 0. The number of hydrogen-bond donors (Lipinski definition) is 0. The highest BCUT2D eigenvalue weighted by Crippen LogP contribution is 2.59. The molecular formula is C32H23Cl. The first kappa shape index (κ1) is 20.0. The van der Waals surface area contributed by atoms with Gasteiger partial charge in [0, 0.05) is 5.02 Å². The second kappa shape index (κ2) is 7.76. The molecule has 0 aromatic heterocycles. The fraction of sp³-hybridized carbons (Fsp3) is 0.0625. The first-order valence-corrected chi connectivity index (χ1v) is 11.7. The molecule has 6 rings (SSSR count). The number of fused-ring (bicyclic) bond motifs is 3. The minimum Gasteiger partial charge on any atom is -0.0843 e. The molecule has 0 radical (unpaired) electrons. The molecule has 0 saturated heterocycles. The van der Waals surface area contributed by atoms with Crippen molar-refractivity contribution in [2.24, 2.45) is 0 Å². The molecule has 0 N–H and O–H groups in total. The first-order chi connectivity index (χ1) is 16.2. The lowest BCUT2D eigenvalue weighted by molar-refractivity contribution is 0.770. The Labute approximate surface area is 200 Å². The maximum absolute atomic E-state index is 6.66. The predicted molar refractivity (Wildman–Crippen MR) is 139 cm³/mol. The summed E-state index contributed by atoms with van der Waals surface area (Å²) >= 11 is 6.66. The van der Waals surface area contributed by atoms with Crippen LogP contribution in [0.5, 0.6) is 0 Å². The van der Waals surface area contributed by atoms with E-state index >= 15 is 0 Å². The van der Waals surface area contributed by atoms with E-state index < -0.39 is 5.41 Å². The van der Waals surface area contributed by atoms with Crippen LogP contribution in [-0.2, 0) is 5.41 Å². The Bertz CT molecular complexity index is 1410. The highest BCUT2D eigenvalue weighted by atomic mass is 35.5. The molecule has 1 aliphatic carbocycles. The van der Waals surface area contributed by atoms with Crippen LogP contribution in [0.25, 0.3) is 22.3 Å². The molecule has 1 aliphatic rings. The molecule has 0 unspecified atom stereocenters. The topological polar surface area (TPSA) is 0 Å². The summed E-state index contributed by atoms with van der Waals surface area (Å²) in [5, 5.41) is 0.760. The third kappa shape index (κ3) is 2.98. The second-order valence-corrected chi connectivity index (χ2v) is 9.21. The van der Waals surface area contributed by atoms with E-state index in [0.717, 1.165) is 5.02 Å². The molecule has 0 spiro atoms. The summed E-state index contributed by atoms with van der Waals surface area (Å²) in [5.74, 6) is 0. The molecule has 1 heteroatoms. The van der Waals surface area contributed by atoms with Crippen LogP contribution in [0, 0.1) is 6.92 Å². The van der Waals surface area contributed by atoms with Crippen molar-refractivity contribution in [1.82, 2.24) is 0 Å². The molecule has 0 fully saturated rings. The average molecular weight is 443 g/mol. The Balaban J connectivity index is 1.85. The van der Waals surface area contributed by atoms with Crippen LogP contribution in [0.3, 0.4) is 0 Å². The van der Waals surface area contributed by atoms with E-state index in [-0.39, 0.29) is 0 Å². The van der Waals surface area contributed by atoms with E-state index in [1.165, 1.54) is 50.1 Å². The van der Waals surface area contributed by atoms with Gasteiger partial charge in [0.05, 0.1) is 5.41 Å². The minimum absolute atomic E-state index is 0.461. The third-order valence-electron chi connectivity index (χ3n) is 6.83. The van der Waals surface area contributed by atoms with Gasteiger partial charge in [0.2, 0.25) is 0 Å². The first-order valence-electron chi connectivity index (χ1n) is 11.3. The zero-order valence-corrected chi connectivity index (χ0v) is 19.2. The fourth-order valence-corrected chi connectivity index (χ4v) is 5.76. The zero-order chi connectivity index (χ0) is 22.4. The Kier molecular flexibility index (Phi) is 4.71. The number of rotatable bonds is 3. The van der Waals surface area contributed by atoms with Gasteiger partial charge in [-0.25, -0.2) is 0 Å². The Morgan fingerprint density at radius 3 is 1.70 bits per heavy atom. The van der Waals surface area contributed by atoms with Gasteiger partial charge in [-0.1, -0.05) is 121 Å². The van der Waals surface area contributed by atoms with Crippen molar-refractivity contribution in [2.75, 3.05) is 0 Å². The van der Waals surface area contributed by atoms with Crippen LogP contribution in [0.4, 0.5) is 0 Å². The molecule has 5 aromatic carbocycles. The highest BCUT2D eigenvalue weighted by Gasteiger charge is 2.47. The zero-order valence-electron chi connectivity index (χ0n) is 18.4. The summed E-state index contributed by atoms with van der Waals surface area (Å²) in [5.41, 5.74) is 10.9. The van der Waals surface area contributed by atoms with Gasteiger partial charge in [-0.2, -0.15) is 0 Å². The Morgan fingerprint density at radius 1 is 0.545 bits per heavy atom. The monoisotopic (exact) mass is 442 g/mol. The molecule has 0 heterocycles. The smallest absolute Gasteiger partial charge is 0.0720 e. The van der Waals surface area contributed by atoms with Crippen molar-refractivity contribution in [2.45, 2.75) is 12.3 Å². The number of halogens is 1. The van der Waals surface area contributed by atoms with E-state index in [0.29, 0.717) is 0 Å². The van der Waals surface area contributed by atoms with Crippen molar-refractivity contribution < 1.29 is 0 Å². The van der Waals surface area contributed by atoms with Crippen molar-refractivity contribution in [1.29, 1.82) is 0 Å². The minimum atomic E-state index is -0.461. The SMILES string of the molecule is Cc1cc(-c2ccccc2)c2c(c1)-c1ccc(Cl)cc1C2(c1ccccc1)c1ccccc1. The molecule has 0 atom stereocenters. The maximum Gasteiger partial charge on any atom is 0.0720 e. The van der Waals surface area contributed by atoms with Gasteiger partial charge < -0.3 is 0 Å². The quantitative estimate of drug-likeness (QED) is 0.257. The summed E-state index contributed by atoms with van der Waals surface area (Å²) in [6.07, 6.45) is 0. The third-order valence-corrected chi connectivity index (χ3v) is 7.07. The molecule has 5 aromatic rings. The molecular weight excluding hydrogens is 420 g/mol. The molecule has 33 heavy (non-hydrogen) atoms. The van der Waals surface area contributed by atoms with E-state index in [4.69, 9.17) is 11.6 Å². The van der Waals surface area contributed by atoms with Gasteiger partial charge in [0.15, 0.2) is 0 Å². The van der Waals surface area contributed by atoms with Crippen LogP contribution in [0.2, 0.25) is 5.02 Å². The molecule has 158 valence electrons. The van der Waals surface area contributed by atoms with E-state index in [1.807, 2.05) is 6.07 Å². The lowest BCUT2D eigenvalue weighted by atomic mass is 9.66. The van der Waals surface area contributed by atoms with Gasteiger partial charge in [0.25, 0.3) is 0 Å². The van der Waals surface area contributed by atoms with Crippen LogP contribution >= 0.6 is 11.6 Å². The number of benzene rings is 5. The fourth-order valence-electron chi connectivity index (χ4n) is 5.59. The van der Waals surface area contributed by atoms with E-state index in [2.05, 4.69) is 122 Å². The van der Waals surface area contributed by atoms with E-state index in [1.54, 1.807) is 0 Å². The van der Waals surface area contributed by atoms with E-state index in [9.17, 15) is 0 Å². The van der Waals surface area contributed by atoms with Crippen molar-refractivity contribution in [3.05, 3.63) is 154 Å². The molecule has 0 saturated carbocycles. The van der Waals surface area contributed by atoms with Crippen molar-refractivity contribution >= 4 is 11.6 Å². The highest BCUT2D eigenvalue weighted by molar-refractivity contribution is 6.30. The average Bonchev–Trinajstić information content (AvgIpc) is 3.15. The number of aryl methyl sites for hydroxylation is 1. The molecule has 0 aliphatic heterocycles. The second-order valence-electron chi connectivity index (χ2n) is 8.77. The summed E-state index contributed by atoms with van der Waals surface area (Å²) in [6, 6.07) is 43.5. The normalized spacial score (nSPS) is 13.4. The lowest BCUT2D eigenvalue weighted by Gasteiger charge is -2.35. The standard InChI is InChI=1S/C32H23Cl/c1-22-19-28(23-11-5-2-6-12-23)31-29(20-22)27-18-17-26(33)21-30(27)32(31,24-13-7-3-8-14-24)25-15-9-4-10-16-25/h2-21H,1H3. The predicted octanol–water partition coefficient (Wildman–Crippen LogP) is 8.68. The summed E-state index contributed by atoms with van der Waals surface area (Å²) in [6.45, 7) is 2.19. The van der Waals surface area contributed by atoms with Crippen molar-refractivity contribution in [3.8, 4) is 22.3 Å². The maximum atomic E-state index is 6.66. The lowest BCUT2D eigenvalue weighted by Crippen LogP contribution is -2.29. The van der Waals surface area contributed by atoms with Gasteiger partial charge in [0.1, 0.15) is 0 Å². The molecule has 0 amide bonds. The van der Waals surface area contributed by atoms with Crippen LogP contribution in [-0.4, -0.2) is 0 Å². The van der Waals surface area contributed by atoms with Gasteiger partial charge in [-0.3, -0.25) is 0 Å².